The van der Waals surface area contributed by atoms with E-state index in [1.807, 2.05) is 60.0 Å². The number of hydrogen-bond donors (Lipinski definition) is 0. The molecule has 5 aromatic rings. The summed E-state index contributed by atoms with van der Waals surface area (Å²) >= 11 is 0. The van der Waals surface area contributed by atoms with Crippen LogP contribution in [0.3, 0.4) is 0 Å². The minimum Gasteiger partial charge on any atom is -0.294 e. The van der Waals surface area contributed by atoms with Gasteiger partial charge in [0.05, 0.1) is 23.0 Å². The summed E-state index contributed by atoms with van der Waals surface area (Å²) in [5, 5.41) is 4.19. The predicted octanol–water partition coefficient (Wildman–Crippen LogP) is 4.33. The molecule has 0 saturated carbocycles. The highest BCUT2D eigenvalue weighted by Gasteiger charge is 2.27. The zero-order valence-corrected chi connectivity index (χ0v) is 20.7. The van der Waals surface area contributed by atoms with Crippen LogP contribution in [0.5, 0.6) is 0 Å². The van der Waals surface area contributed by atoms with Gasteiger partial charge in [-0.3, -0.25) is 14.3 Å². The molecular formula is C30H28N6O. The van der Waals surface area contributed by atoms with Gasteiger partial charge in [0, 0.05) is 26.1 Å². The molecule has 0 aliphatic carbocycles. The Hall–Kier alpha value is -4.36. The fourth-order valence-electron chi connectivity index (χ4n) is 5.22. The van der Waals surface area contributed by atoms with Crippen molar-refractivity contribution in [2.75, 3.05) is 6.54 Å². The van der Waals surface area contributed by atoms with Crippen molar-refractivity contribution < 1.29 is 0 Å². The summed E-state index contributed by atoms with van der Waals surface area (Å²) in [4.78, 5) is 25.4. The number of benzene rings is 3. The van der Waals surface area contributed by atoms with Gasteiger partial charge in [-0.1, -0.05) is 72.8 Å². The number of aromatic nitrogens is 5. The molecule has 0 fully saturated rings. The molecule has 1 aliphatic rings. The third-order valence-electron chi connectivity index (χ3n) is 7.03. The van der Waals surface area contributed by atoms with Crippen LogP contribution in [-0.4, -0.2) is 35.8 Å². The van der Waals surface area contributed by atoms with Gasteiger partial charge in [0.25, 0.3) is 5.56 Å². The van der Waals surface area contributed by atoms with E-state index < -0.39 is 0 Å². The monoisotopic (exact) mass is 488 g/mol. The molecule has 3 aromatic carbocycles. The van der Waals surface area contributed by atoms with Gasteiger partial charge < -0.3 is 0 Å². The van der Waals surface area contributed by atoms with E-state index in [0.717, 1.165) is 53.4 Å². The van der Waals surface area contributed by atoms with Gasteiger partial charge in [-0.05, 0) is 35.7 Å². The van der Waals surface area contributed by atoms with E-state index >= 15 is 0 Å². The van der Waals surface area contributed by atoms with Gasteiger partial charge in [-0.25, -0.2) is 14.6 Å². The second-order valence-corrected chi connectivity index (χ2v) is 9.45. The second kappa shape index (κ2) is 9.95. The quantitative estimate of drug-likeness (QED) is 0.356. The van der Waals surface area contributed by atoms with Crippen molar-refractivity contribution in [3.63, 3.8) is 0 Å². The van der Waals surface area contributed by atoms with Crippen molar-refractivity contribution in [2.45, 2.75) is 32.5 Å². The van der Waals surface area contributed by atoms with E-state index in [1.165, 1.54) is 11.9 Å². The number of rotatable bonds is 6. The molecule has 2 aromatic heterocycles. The Morgan fingerprint density at radius 1 is 0.892 bits per heavy atom. The number of nitrogens with zero attached hydrogens (tertiary/aromatic N) is 6. The van der Waals surface area contributed by atoms with Gasteiger partial charge in [-0.15, -0.1) is 0 Å². The smallest absolute Gasteiger partial charge is 0.259 e. The first-order valence-corrected chi connectivity index (χ1v) is 12.5. The molecule has 6 rings (SSSR count). The van der Waals surface area contributed by atoms with Crippen LogP contribution >= 0.6 is 0 Å². The van der Waals surface area contributed by atoms with Gasteiger partial charge in [0.1, 0.15) is 18.5 Å². The third kappa shape index (κ3) is 4.61. The Morgan fingerprint density at radius 2 is 1.57 bits per heavy atom. The van der Waals surface area contributed by atoms with Crippen molar-refractivity contribution in [1.29, 1.82) is 0 Å². The first kappa shape index (κ1) is 23.1. The van der Waals surface area contributed by atoms with Crippen LogP contribution in [0.25, 0.3) is 5.69 Å². The maximum absolute atomic E-state index is 14.1. The second-order valence-electron chi connectivity index (χ2n) is 9.45. The molecule has 7 nitrogen and oxygen atoms in total. The predicted molar refractivity (Wildman–Crippen MR) is 143 cm³/mol. The fourth-order valence-corrected chi connectivity index (χ4v) is 5.22. The SMILES string of the molecule is Cc1nc2c(c(=O)n1C(c1ccccc1)c1ccccc1)CN(Cc1ccc(-n3cncn3)cc1)CC2. The Balaban J connectivity index is 1.32. The van der Waals surface area contributed by atoms with Crippen LogP contribution in [0.1, 0.15) is 39.8 Å². The van der Waals surface area contributed by atoms with Crippen LogP contribution in [-0.2, 0) is 19.5 Å². The topological polar surface area (TPSA) is 68.8 Å². The van der Waals surface area contributed by atoms with Gasteiger partial charge in [-0.2, -0.15) is 5.10 Å². The highest BCUT2D eigenvalue weighted by Crippen LogP contribution is 2.27. The maximum Gasteiger partial charge on any atom is 0.259 e. The molecule has 7 heteroatoms. The molecule has 0 N–H and O–H groups in total. The van der Waals surface area contributed by atoms with Crippen LogP contribution in [0.2, 0.25) is 0 Å². The average molecular weight is 489 g/mol. The summed E-state index contributed by atoms with van der Waals surface area (Å²) in [5.41, 5.74) is 6.08. The lowest BCUT2D eigenvalue weighted by molar-refractivity contribution is 0.240. The van der Waals surface area contributed by atoms with Crippen LogP contribution in [0.15, 0.2) is 102 Å². The molecule has 3 heterocycles. The summed E-state index contributed by atoms with van der Waals surface area (Å²) in [6, 6.07) is 28.5. The molecule has 0 saturated heterocycles. The number of fused-ring (bicyclic) bond motifs is 1. The van der Waals surface area contributed by atoms with Crippen molar-refractivity contribution >= 4 is 0 Å². The lowest BCUT2D eigenvalue weighted by atomic mass is 9.97. The summed E-state index contributed by atoms with van der Waals surface area (Å²) in [5.74, 6) is 0.749. The fraction of sp³-hybridized carbons (Fsp3) is 0.200. The average Bonchev–Trinajstić information content (AvgIpc) is 3.48. The normalized spacial score (nSPS) is 13.6. The molecule has 0 radical (unpaired) electrons. The minimum absolute atomic E-state index is 0.0476. The molecular weight excluding hydrogens is 460 g/mol. The van der Waals surface area contributed by atoms with E-state index in [2.05, 4.69) is 51.4 Å². The molecule has 0 amide bonds. The third-order valence-corrected chi connectivity index (χ3v) is 7.03. The molecule has 0 atom stereocenters. The largest absolute Gasteiger partial charge is 0.294 e. The van der Waals surface area contributed by atoms with Gasteiger partial charge in [0.2, 0.25) is 0 Å². The molecule has 184 valence electrons. The molecule has 0 spiro atoms. The van der Waals surface area contributed by atoms with E-state index in [1.54, 1.807) is 11.0 Å². The molecule has 0 unspecified atom stereocenters. The Kier molecular flexibility index (Phi) is 6.20. The highest BCUT2D eigenvalue weighted by molar-refractivity contribution is 5.36. The van der Waals surface area contributed by atoms with Crippen LogP contribution in [0.4, 0.5) is 0 Å². The van der Waals surface area contributed by atoms with E-state index in [0.29, 0.717) is 6.54 Å². The minimum atomic E-state index is -0.229. The lowest BCUT2D eigenvalue weighted by Gasteiger charge is -2.30. The molecule has 37 heavy (non-hydrogen) atoms. The zero-order valence-electron chi connectivity index (χ0n) is 20.7. The highest BCUT2D eigenvalue weighted by atomic mass is 16.1. The van der Waals surface area contributed by atoms with Crippen LogP contribution in [0, 0.1) is 6.92 Å². The number of hydrogen-bond acceptors (Lipinski definition) is 5. The summed E-state index contributed by atoms with van der Waals surface area (Å²) in [7, 11) is 0. The summed E-state index contributed by atoms with van der Waals surface area (Å²) in [6.07, 6.45) is 3.99. The van der Waals surface area contributed by atoms with Gasteiger partial charge in [0.15, 0.2) is 0 Å². The van der Waals surface area contributed by atoms with E-state index in [4.69, 9.17) is 4.98 Å². The zero-order chi connectivity index (χ0) is 25.2. The van der Waals surface area contributed by atoms with Crippen molar-refractivity contribution in [1.82, 2.24) is 29.2 Å². The summed E-state index contributed by atoms with van der Waals surface area (Å²) in [6.45, 7) is 4.17. The summed E-state index contributed by atoms with van der Waals surface area (Å²) < 4.78 is 3.62. The Morgan fingerprint density at radius 3 is 2.19 bits per heavy atom. The van der Waals surface area contributed by atoms with Gasteiger partial charge >= 0.3 is 0 Å². The first-order valence-electron chi connectivity index (χ1n) is 12.5. The van der Waals surface area contributed by atoms with Crippen molar-refractivity contribution in [2.24, 2.45) is 0 Å². The molecule has 0 bridgehead atoms. The van der Waals surface area contributed by atoms with E-state index in [-0.39, 0.29) is 11.6 Å². The van der Waals surface area contributed by atoms with E-state index in [9.17, 15) is 4.79 Å². The Bertz CT molecular complexity index is 1500. The Labute approximate surface area is 215 Å². The maximum atomic E-state index is 14.1. The number of aryl methyl sites for hydroxylation is 1. The standard InChI is InChI=1S/C30H28N6O/c1-22-33-28-16-17-34(18-23-12-14-26(15-13-23)35-21-31-20-32-35)19-27(28)30(37)36(22)29(24-8-4-2-5-9-24)25-10-6-3-7-11-25/h2-15,20-21,29H,16-19H2,1H3. The lowest BCUT2D eigenvalue weighted by Crippen LogP contribution is -2.40. The van der Waals surface area contributed by atoms with Crippen LogP contribution < -0.4 is 5.56 Å². The van der Waals surface area contributed by atoms with Crippen molar-refractivity contribution in [3.8, 4) is 5.69 Å². The van der Waals surface area contributed by atoms with Crippen molar-refractivity contribution in [3.05, 3.63) is 142 Å². The first-order chi connectivity index (χ1) is 18.2. The molecule has 1 aliphatic heterocycles.